The van der Waals surface area contributed by atoms with E-state index in [0.717, 1.165) is 44.0 Å². The fourth-order valence-electron chi connectivity index (χ4n) is 3.50. The highest BCUT2D eigenvalue weighted by Crippen LogP contribution is 2.39. The minimum atomic E-state index is 0.607. The monoisotopic (exact) mass is 293 g/mol. The number of imidazole rings is 1. The summed E-state index contributed by atoms with van der Waals surface area (Å²) in [6.07, 6.45) is 10.5. The first-order valence-electron chi connectivity index (χ1n) is 8.58. The number of anilines is 1. The van der Waals surface area contributed by atoms with Gasteiger partial charge in [0.25, 0.3) is 0 Å². The van der Waals surface area contributed by atoms with Crippen molar-refractivity contribution in [3.8, 4) is 0 Å². The second-order valence-electron chi connectivity index (χ2n) is 6.40. The van der Waals surface area contributed by atoms with Gasteiger partial charge < -0.3 is 14.6 Å². The average Bonchev–Trinajstić information content (AvgIpc) is 2.95. The molecule has 1 aliphatic carbocycles. The number of hydrogen-bond acceptors (Lipinski definition) is 3. The lowest BCUT2D eigenvalue weighted by Gasteiger charge is -2.36. The first kappa shape index (κ1) is 16.3. The van der Waals surface area contributed by atoms with Crippen molar-refractivity contribution < 1.29 is 4.74 Å². The molecular weight excluding hydrogens is 262 g/mol. The molecule has 1 saturated carbocycles. The molecule has 1 heterocycles. The molecule has 4 nitrogen and oxygen atoms in total. The van der Waals surface area contributed by atoms with Crippen molar-refractivity contribution >= 4 is 5.95 Å². The Balaban J connectivity index is 1.94. The maximum Gasteiger partial charge on any atom is 0.203 e. The quantitative estimate of drug-likeness (QED) is 0.733. The lowest BCUT2D eigenvalue weighted by atomic mass is 9.77. The molecule has 2 unspecified atom stereocenters. The fourth-order valence-corrected chi connectivity index (χ4v) is 3.50. The molecule has 1 N–H and O–H groups in total. The molecule has 2 rings (SSSR count). The molecule has 1 aliphatic rings. The summed E-state index contributed by atoms with van der Waals surface area (Å²) in [5.74, 6) is 2.55. The molecule has 0 saturated heterocycles. The Labute approximate surface area is 129 Å². The number of nitrogens with zero attached hydrogens (tertiary/aromatic N) is 2. The minimum absolute atomic E-state index is 0.607. The van der Waals surface area contributed by atoms with Gasteiger partial charge in [0.15, 0.2) is 0 Å². The number of rotatable bonds is 8. The summed E-state index contributed by atoms with van der Waals surface area (Å²) in [6, 6.07) is 0.607. The Bertz CT molecular complexity index is 402. The zero-order chi connectivity index (χ0) is 15.1. The van der Waals surface area contributed by atoms with Crippen molar-refractivity contribution in [2.24, 2.45) is 11.8 Å². The van der Waals surface area contributed by atoms with Crippen LogP contribution in [0.2, 0.25) is 0 Å². The maximum atomic E-state index is 5.38. The number of ether oxygens (including phenoxy) is 1. The van der Waals surface area contributed by atoms with Gasteiger partial charge in [-0.25, -0.2) is 4.98 Å². The van der Waals surface area contributed by atoms with Gasteiger partial charge in [0.05, 0.1) is 0 Å². The molecule has 2 atom stereocenters. The Kier molecular flexibility index (Phi) is 6.55. The second-order valence-corrected chi connectivity index (χ2v) is 6.40. The molecule has 4 heteroatoms. The molecule has 0 amide bonds. The molecule has 1 aromatic heterocycles. The summed E-state index contributed by atoms with van der Waals surface area (Å²) in [4.78, 5) is 4.51. The summed E-state index contributed by atoms with van der Waals surface area (Å²) in [5.41, 5.74) is 0. The van der Waals surface area contributed by atoms with E-state index < -0.39 is 0 Å². The van der Waals surface area contributed by atoms with Gasteiger partial charge in [-0.2, -0.15) is 0 Å². The smallest absolute Gasteiger partial charge is 0.203 e. The molecule has 1 aromatic rings. The summed E-state index contributed by atoms with van der Waals surface area (Å²) < 4.78 is 7.76. The molecule has 21 heavy (non-hydrogen) atoms. The Morgan fingerprint density at radius 3 is 2.95 bits per heavy atom. The topological polar surface area (TPSA) is 39.1 Å². The highest BCUT2D eigenvalue weighted by atomic mass is 16.5. The van der Waals surface area contributed by atoms with Gasteiger partial charge in [-0.15, -0.1) is 0 Å². The van der Waals surface area contributed by atoms with Gasteiger partial charge in [-0.05, 0) is 38.0 Å². The molecule has 120 valence electrons. The van der Waals surface area contributed by atoms with Crippen molar-refractivity contribution in [1.29, 1.82) is 0 Å². The SMILES string of the molecule is CCOCCCNc1nccn1C1CCCCC1C(C)C. The third-order valence-electron chi connectivity index (χ3n) is 4.62. The van der Waals surface area contributed by atoms with Crippen LogP contribution in [0.5, 0.6) is 0 Å². The van der Waals surface area contributed by atoms with Crippen LogP contribution in [0.4, 0.5) is 5.95 Å². The zero-order valence-electron chi connectivity index (χ0n) is 13.8. The Hall–Kier alpha value is -1.03. The van der Waals surface area contributed by atoms with E-state index in [4.69, 9.17) is 4.74 Å². The van der Waals surface area contributed by atoms with Crippen molar-refractivity contribution in [1.82, 2.24) is 9.55 Å². The van der Waals surface area contributed by atoms with Crippen molar-refractivity contribution in [3.63, 3.8) is 0 Å². The van der Waals surface area contributed by atoms with Gasteiger partial charge in [-0.1, -0.05) is 26.7 Å². The number of aromatic nitrogens is 2. The zero-order valence-corrected chi connectivity index (χ0v) is 13.8. The summed E-state index contributed by atoms with van der Waals surface area (Å²) in [7, 11) is 0. The molecule has 0 aromatic carbocycles. The van der Waals surface area contributed by atoms with E-state index in [1.165, 1.54) is 25.7 Å². The fraction of sp³-hybridized carbons (Fsp3) is 0.824. The Morgan fingerprint density at radius 1 is 1.38 bits per heavy atom. The van der Waals surface area contributed by atoms with E-state index in [9.17, 15) is 0 Å². The molecule has 0 bridgehead atoms. The lowest BCUT2D eigenvalue weighted by Crippen LogP contribution is -2.28. The van der Waals surface area contributed by atoms with Crippen LogP contribution in [0.3, 0.4) is 0 Å². The van der Waals surface area contributed by atoms with Crippen LogP contribution >= 0.6 is 0 Å². The third-order valence-corrected chi connectivity index (χ3v) is 4.62. The van der Waals surface area contributed by atoms with Crippen LogP contribution in [0.15, 0.2) is 12.4 Å². The molecule has 0 aliphatic heterocycles. The molecule has 1 fully saturated rings. The summed E-state index contributed by atoms with van der Waals surface area (Å²) in [6.45, 7) is 9.30. The molecular formula is C17H31N3O. The van der Waals surface area contributed by atoms with E-state index in [1.807, 2.05) is 13.1 Å². The first-order chi connectivity index (χ1) is 10.2. The van der Waals surface area contributed by atoms with Crippen LogP contribution in [-0.4, -0.2) is 29.3 Å². The van der Waals surface area contributed by atoms with Crippen molar-refractivity contribution in [2.75, 3.05) is 25.1 Å². The van der Waals surface area contributed by atoms with Gasteiger partial charge in [-0.3, -0.25) is 0 Å². The average molecular weight is 293 g/mol. The highest BCUT2D eigenvalue weighted by Gasteiger charge is 2.29. The number of nitrogens with one attached hydrogen (secondary N) is 1. The Morgan fingerprint density at radius 2 is 2.19 bits per heavy atom. The van der Waals surface area contributed by atoms with E-state index in [2.05, 4.69) is 34.9 Å². The van der Waals surface area contributed by atoms with E-state index in [1.54, 1.807) is 0 Å². The predicted molar refractivity (Wildman–Crippen MR) is 87.7 cm³/mol. The third kappa shape index (κ3) is 4.47. The van der Waals surface area contributed by atoms with E-state index in [-0.39, 0.29) is 0 Å². The van der Waals surface area contributed by atoms with Crippen LogP contribution in [0.1, 0.15) is 58.9 Å². The number of hydrogen-bond donors (Lipinski definition) is 1. The van der Waals surface area contributed by atoms with Crippen LogP contribution in [-0.2, 0) is 4.74 Å². The van der Waals surface area contributed by atoms with E-state index in [0.29, 0.717) is 6.04 Å². The summed E-state index contributed by atoms with van der Waals surface area (Å²) >= 11 is 0. The van der Waals surface area contributed by atoms with Gasteiger partial charge >= 0.3 is 0 Å². The lowest BCUT2D eigenvalue weighted by molar-refractivity contribution is 0.147. The largest absolute Gasteiger partial charge is 0.382 e. The van der Waals surface area contributed by atoms with E-state index >= 15 is 0 Å². The summed E-state index contributed by atoms with van der Waals surface area (Å²) in [5, 5.41) is 3.48. The second kappa shape index (κ2) is 8.42. The maximum absolute atomic E-state index is 5.38. The standard InChI is InChI=1S/C17H31N3O/c1-4-21-13-7-10-18-17-19-11-12-20(17)16-9-6-5-8-15(16)14(2)3/h11-12,14-16H,4-10,13H2,1-3H3,(H,18,19). The van der Waals surface area contributed by atoms with Crippen molar-refractivity contribution in [2.45, 2.75) is 58.9 Å². The van der Waals surface area contributed by atoms with Gasteiger partial charge in [0, 0.05) is 38.2 Å². The normalized spacial score (nSPS) is 22.7. The van der Waals surface area contributed by atoms with Crippen LogP contribution < -0.4 is 5.32 Å². The van der Waals surface area contributed by atoms with Crippen LogP contribution in [0.25, 0.3) is 0 Å². The van der Waals surface area contributed by atoms with Gasteiger partial charge in [0.2, 0.25) is 5.95 Å². The predicted octanol–water partition coefficient (Wildman–Crippen LogP) is 4.11. The molecule has 0 radical (unpaired) electrons. The molecule has 0 spiro atoms. The first-order valence-corrected chi connectivity index (χ1v) is 8.58. The van der Waals surface area contributed by atoms with Crippen molar-refractivity contribution in [3.05, 3.63) is 12.4 Å². The van der Waals surface area contributed by atoms with Crippen LogP contribution in [0, 0.1) is 11.8 Å². The minimum Gasteiger partial charge on any atom is -0.382 e. The highest BCUT2D eigenvalue weighted by molar-refractivity contribution is 5.27. The van der Waals surface area contributed by atoms with Gasteiger partial charge in [0.1, 0.15) is 0 Å².